The molecule has 0 aromatic heterocycles. The van der Waals surface area contributed by atoms with Crippen molar-refractivity contribution in [3.63, 3.8) is 0 Å². The molecule has 1 unspecified atom stereocenters. The minimum absolute atomic E-state index is 0.00968. The number of aliphatic hydroxyl groups is 1. The third-order valence-corrected chi connectivity index (χ3v) is 4.87. The van der Waals surface area contributed by atoms with Crippen LogP contribution in [0, 0.1) is 5.41 Å². The van der Waals surface area contributed by atoms with Gasteiger partial charge in [0.25, 0.3) is 5.91 Å². The largest absolute Gasteiger partial charge is 0.391 e. The van der Waals surface area contributed by atoms with Crippen molar-refractivity contribution in [2.24, 2.45) is 5.41 Å². The lowest BCUT2D eigenvalue weighted by Gasteiger charge is -2.37. The van der Waals surface area contributed by atoms with Gasteiger partial charge < -0.3 is 19.5 Å². The van der Waals surface area contributed by atoms with Gasteiger partial charge in [-0.15, -0.1) is 0 Å². The van der Waals surface area contributed by atoms with Gasteiger partial charge in [0, 0.05) is 51.7 Å². The summed E-state index contributed by atoms with van der Waals surface area (Å²) in [5.74, 6) is 0.0381. The average molecular weight is 255 g/mol. The number of hydrogen-bond acceptors (Lipinski definition) is 4. The molecule has 1 N–H and O–H groups in total. The van der Waals surface area contributed by atoms with E-state index >= 15 is 0 Å². The number of likely N-dealkylation sites (tertiary alicyclic amines) is 1. The van der Waals surface area contributed by atoms with Crippen LogP contribution in [0.2, 0.25) is 0 Å². The molecule has 3 rings (SSSR count). The fourth-order valence-electron chi connectivity index (χ4n) is 3.25. The summed E-state index contributed by atoms with van der Waals surface area (Å²) in [6, 6.07) is 0. The van der Waals surface area contributed by atoms with Crippen molar-refractivity contribution < 1.29 is 19.4 Å². The molecule has 5 nitrogen and oxygen atoms in total. The summed E-state index contributed by atoms with van der Waals surface area (Å²) >= 11 is 0. The first-order valence-corrected chi connectivity index (χ1v) is 6.72. The predicted molar refractivity (Wildman–Crippen MR) is 64.0 cm³/mol. The lowest BCUT2D eigenvalue weighted by atomic mass is 9.92. The van der Waals surface area contributed by atoms with Gasteiger partial charge in [-0.3, -0.25) is 4.79 Å². The molecule has 18 heavy (non-hydrogen) atoms. The minimum atomic E-state index is -0.724. The monoisotopic (exact) mass is 255 g/mol. The van der Waals surface area contributed by atoms with Gasteiger partial charge >= 0.3 is 0 Å². The van der Waals surface area contributed by atoms with Crippen molar-refractivity contribution in [2.75, 3.05) is 33.4 Å². The Kier molecular flexibility index (Phi) is 2.88. The smallest absolute Gasteiger partial charge is 0.255 e. The molecule has 1 saturated carbocycles. The van der Waals surface area contributed by atoms with E-state index in [1.54, 1.807) is 12.0 Å². The number of carbonyl (C=O) groups is 1. The number of amides is 1. The second-order valence-electron chi connectivity index (χ2n) is 5.87. The van der Waals surface area contributed by atoms with Gasteiger partial charge in [0.05, 0.1) is 6.10 Å². The molecule has 2 heterocycles. The van der Waals surface area contributed by atoms with E-state index in [2.05, 4.69) is 0 Å². The second kappa shape index (κ2) is 4.18. The Morgan fingerprint density at radius 3 is 2.50 bits per heavy atom. The second-order valence-corrected chi connectivity index (χ2v) is 5.87. The molecule has 0 aromatic carbocycles. The zero-order valence-electron chi connectivity index (χ0n) is 10.9. The Bertz CT molecular complexity index is 347. The van der Waals surface area contributed by atoms with Gasteiger partial charge in [0.1, 0.15) is 0 Å². The fourth-order valence-corrected chi connectivity index (χ4v) is 3.25. The summed E-state index contributed by atoms with van der Waals surface area (Å²) in [5, 5.41) is 10.0. The normalized spacial score (nSPS) is 32.8. The Morgan fingerprint density at radius 2 is 2.00 bits per heavy atom. The van der Waals surface area contributed by atoms with E-state index in [-0.39, 0.29) is 17.4 Å². The number of nitrogens with zero attached hydrogens (tertiary/aromatic N) is 1. The zero-order chi connectivity index (χ0) is 12.8. The number of methoxy groups -OCH3 is 1. The molecule has 3 fully saturated rings. The highest BCUT2D eigenvalue weighted by atomic mass is 16.5. The maximum absolute atomic E-state index is 12.6. The maximum Gasteiger partial charge on any atom is 0.255 e. The lowest BCUT2D eigenvalue weighted by Crippen LogP contribution is -2.52. The van der Waals surface area contributed by atoms with E-state index in [1.807, 2.05) is 0 Å². The van der Waals surface area contributed by atoms with Crippen LogP contribution in [0.15, 0.2) is 0 Å². The number of aliphatic hydroxyl groups excluding tert-OH is 1. The molecule has 5 heteroatoms. The topological polar surface area (TPSA) is 59.0 Å². The summed E-state index contributed by atoms with van der Waals surface area (Å²) in [5.41, 5.74) is -0.714. The molecule has 2 aliphatic heterocycles. The van der Waals surface area contributed by atoms with E-state index in [0.717, 1.165) is 12.8 Å². The zero-order valence-corrected chi connectivity index (χ0v) is 10.9. The number of ether oxygens (including phenoxy) is 2. The van der Waals surface area contributed by atoms with Crippen molar-refractivity contribution in [1.29, 1.82) is 0 Å². The predicted octanol–water partition coefficient (Wildman–Crippen LogP) is 0.165. The van der Waals surface area contributed by atoms with Crippen molar-refractivity contribution >= 4 is 5.91 Å². The highest BCUT2D eigenvalue weighted by Gasteiger charge is 2.57. The van der Waals surface area contributed by atoms with E-state index in [0.29, 0.717) is 39.1 Å². The van der Waals surface area contributed by atoms with Crippen LogP contribution in [0.3, 0.4) is 0 Å². The molecule has 1 aliphatic carbocycles. The number of β-amino-alcohol motifs (C(OH)–C–C–N with tert-alkyl or cyclic N) is 1. The Morgan fingerprint density at radius 1 is 1.33 bits per heavy atom. The summed E-state index contributed by atoms with van der Waals surface area (Å²) in [6.07, 6.45) is 2.96. The van der Waals surface area contributed by atoms with Gasteiger partial charge in [-0.25, -0.2) is 0 Å². The van der Waals surface area contributed by atoms with Crippen molar-refractivity contribution in [1.82, 2.24) is 4.90 Å². The lowest BCUT2D eigenvalue weighted by molar-refractivity contribution is -0.165. The average Bonchev–Trinajstić information content (AvgIpc) is 3.11. The third-order valence-electron chi connectivity index (χ3n) is 4.87. The molecule has 3 aliphatic rings. The van der Waals surface area contributed by atoms with Gasteiger partial charge in [0.15, 0.2) is 5.60 Å². The molecular weight excluding hydrogens is 234 g/mol. The molecule has 0 radical (unpaired) electrons. The van der Waals surface area contributed by atoms with E-state index in [4.69, 9.17) is 9.47 Å². The van der Waals surface area contributed by atoms with Crippen LogP contribution < -0.4 is 0 Å². The molecule has 0 aromatic rings. The van der Waals surface area contributed by atoms with Gasteiger partial charge in [0.2, 0.25) is 0 Å². The summed E-state index contributed by atoms with van der Waals surface area (Å²) in [4.78, 5) is 14.4. The van der Waals surface area contributed by atoms with Crippen LogP contribution in [0.5, 0.6) is 0 Å². The maximum atomic E-state index is 12.6. The van der Waals surface area contributed by atoms with Gasteiger partial charge in [-0.1, -0.05) is 0 Å². The molecule has 1 atom stereocenters. The quantitative estimate of drug-likeness (QED) is 0.764. The first kappa shape index (κ1) is 12.4. The molecule has 102 valence electrons. The van der Waals surface area contributed by atoms with Gasteiger partial charge in [-0.05, 0) is 12.8 Å². The third kappa shape index (κ3) is 1.76. The minimum Gasteiger partial charge on any atom is -0.391 e. The molecule has 2 saturated heterocycles. The number of hydrogen-bond donors (Lipinski definition) is 1. The number of carbonyl (C=O) groups excluding carboxylic acids is 1. The van der Waals surface area contributed by atoms with Crippen LogP contribution in [0.1, 0.15) is 25.7 Å². The van der Waals surface area contributed by atoms with Gasteiger partial charge in [-0.2, -0.15) is 0 Å². The van der Waals surface area contributed by atoms with Crippen LogP contribution in [-0.2, 0) is 14.3 Å². The molecule has 0 bridgehead atoms. The Hall–Kier alpha value is -0.650. The van der Waals surface area contributed by atoms with Crippen LogP contribution in [0.25, 0.3) is 0 Å². The van der Waals surface area contributed by atoms with Crippen molar-refractivity contribution in [3.8, 4) is 0 Å². The molecule has 1 amide bonds. The van der Waals surface area contributed by atoms with Crippen LogP contribution in [0.4, 0.5) is 0 Å². The van der Waals surface area contributed by atoms with E-state index in [1.165, 1.54) is 0 Å². The van der Waals surface area contributed by atoms with E-state index in [9.17, 15) is 9.90 Å². The van der Waals surface area contributed by atoms with Crippen LogP contribution >= 0.6 is 0 Å². The van der Waals surface area contributed by atoms with Crippen molar-refractivity contribution in [3.05, 3.63) is 0 Å². The Labute approximate surface area is 107 Å². The fraction of sp³-hybridized carbons (Fsp3) is 0.923. The van der Waals surface area contributed by atoms with Crippen LogP contribution in [-0.4, -0.2) is 61.0 Å². The first-order valence-electron chi connectivity index (χ1n) is 6.72. The van der Waals surface area contributed by atoms with E-state index < -0.39 is 5.60 Å². The SMILES string of the molecule is COC1(C(=O)N2CC(O)C3(CC3)C2)CCOCC1. The highest BCUT2D eigenvalue weighted by Crippen LogP contribution is 2.53. The summed E-state index contributed by atoms with van der Waals surface area (Å²) in [6.45, 7) is 2.30. The summed E-state index contributed by atoms with van der Waals surface area (Å²) in [7, 11) is 1.60. The first-order chi connectivity index (χ1) is 8.62. The standard InChI is InChI=1S/C13H21NO4/c1-17-13(4-6-18-7-5-13)11(16)14-8-10(15)12(9-14)2-3-12/h10,15H,2-9H2,1H3. The van der Waals surface area contributed by atoms with Crippen molar-refractivity contribution in [2.45, 2.75) is 37.4 Å². The Balaban J connectivity index is 1.73. The highest BCUT2D eigenvalue weighted by molar-refractivity contribution is 5.86. The molecule has 1 spiro atoms. The molecular formula is C13H21NO4. The number of rotatable bonds is 2. The summed E-state index contributed by atoms with van der Waals surface area (Å²) < 4.78 is 10.8.